The van der Waals surface area contributed by atoms with E-state index in [0.717, 1.165) is 37.0 Å². The number of rotatable bonds is 3. The van der Waals surface area contributed by atoms with Crippen LogP contribution in [-0.2, 0) is 0 Å². The van der Waals surface area contributed by atoms with Crippen LogP contribution in [0.4, 0.5) is 0 Å². The van der Waals surface area contributed by atoms with Gasteiger partial charge in [0.2, 0.25) is 0 Å². The fraction of sp³-hybridized carbons (Fsp3) is 0.938. The quantitative estimate of drug-likeness (QED) is 0.598. The van der Waals surface area contributed by atoms with E-state index in [4.69, 9.17) is 0 Å². The van der Waals surface area contributed by atoms with Crippen LogP contribution < -0.4 is 5.32 Å². The number of aliphatic hydroxyl groups is 1. The van der Waals surface area contributed by atoms with Crippen LogP contribution in [0, 0.1) is 0 Å². The third kappa shape index (κ3) is 3.89. The van der Waals surface area contributed by atoms with Crippen LogP contribution in [0.3, 0.4) is 0 Å². The molecule has 0 aromatic carbocycles. The van der Waals surface area contributed by atoms with Crippen LogP contribution in [0.25, 0.3) is 0 Å². The molecular weight excluding hydrogens is 296 g/mol. The van der Waals surface area contributed by atoms with Gasteiger partial charge >= 0.3 is 0 Å². The Hall–Kier alpha value is -0.460. The Morgan fingerprint density at radius 1 is 1.32 bits per heavy atom. The highest BCUT2D eigenvalue weighted by Crippen LogP contribution is 2.27. The standard InChI is InChI=1S/C16H30N4OS/c1-17-15(18-12-16(21)6-10-22-13-16)20-9-5-14(11-20)19-7-3-2-4-8-19/h14,21H,2-13H2,1H3,(H,17,18). The van der Waals surface area contributed by atoms with E-state index >= 15 is 0 Å². The second-order valence-corrected chi connectivity index (χ2v) is 8.02. The van der Waals surface area contributed by atoms with Crippen molar-refractivity contribution in [2.45, 2.75) is 43.7 Å². The average Bonchev–Trinajstić information content (AvgIpc) is 3.19. The highest BCUT2D eigenvalue weighted by atomic mass is 32.2. The third-order valence-electron chi connectivity index (χ3n) is 5.24. The number of nitrogens with zero attached hydrogens (tertiary/aromatic N) is 3. The average molecular weight is 327 g/mol. The first-order chi connectivity index (χ1) is 10.7. The fourth-order valence-electron chi connectivity index (χ4n) is 3.83. The van der Waals surface area contributed by atoms with E-state index in [1.54, 1.807) is 0 Å². The molecule has 0 radical (unpaired) electrons. The van der Waals surface area contributed by atoms with Gasteiger partial charge in [-0.05, 0) is 44.5 Å². The van der Waals surface area contributed by atoms with Crippen LogP contribution in [0.5, 0.6) is 0 Å². The van der Waals surface area contributed by atoms with E-state index in [-0.39, 0.29) is 0 Å². The Morgan fingerprint density at radius 2 is 2.14 bits per heavy atom. The molecule has 0 amide bonds. The monoisotopic (exact) mass is 326 g/mol. The van der Waals surface area contributed by atoms with Gasteiger partial charge in [-0.15, -0.1) is 0 Å². The van der Waals surface area contributed by atoms with Crippen LogP contribution >= 0.6 is 11.8 Å². The molecule has 3 aliphatic rings. The zero-order valence-electron chi connectivity index (χ0n) is 13.8. The lowest BCUT2D eigenvalue weighted by Gasteiger charge is -2.32. The summed E-state index contributed by atoms with van der Waals surface area (Å²) in [7, 11) is 1.85. The van der Waals surface area contributed by atoms with Gasteiger partial charge < -0.3 is 15.3 Å². The zero-order valence-corrected chi connectivity index (χ0v) is 14.6. The van der Waals surface area contributed by atoms with Gasteiger partial charge in [0.15, 0.2) is 5.96 Å². The number of piperidine rings is 1. The summed E-state index contributed by atoms with van der Waals surface area (Å²) in [5.74, 6) is 2.87. The maximum atomic E-state index is 10.5. The van der Waals surface area contributed by atoms with E-state index in [9.17, 15) is 5.11 Å². The molecule has 0 aromatic heterocycles. The molecule has 22 heavy (non-hydrogen) atoms. The molecule has 2 N–H and O–H groups in total. The summed E-state index contributed by atoms with van der Waals surface area (Å²) in [5.41, 5.74) is -0.549. The van der Waals surface area contributed by atoms with Gasteiger partial charge in [0.1, 0.15) is 0 Å². The van der Waals surface area contributed by atoms with Gasteiger partial charge in [-0.25, -0.2) is 0 Å². The van der Waals surface area contributed by atoms with Gasteiger partial charge in [0, 0.05) is 38.5 Å². The van der Waals surface area contributed by atoms with Gasteiger partial charge in [-0.3, -0.25) is 9.89 Å². The molecule has 0 aliphatic carbocycles. The van der Waals surface area contributed by atoms with Crippen molar-refractivity contribution in [3.63, 3.8) is 0 Å². The molecule has 2 atom stereocenters. The van der Waals surface area contributed by atoms with Gasteiger partial charge in [-0.2, -0.15) is 11.8 Å². The van der Waals surface area contributed by atoms with Crippen molar-refractivity contribution < 1.29 is 5.11 Å². The van der Waals surface area contributed by atoms with Crippen molar-refractivity contribution >= 4 is 17.7 Å². The lowest BCUT2D eigenvalue weighted by Crippen LogP contribution is -2.49. The van der Waals surface area contributed by atoms with Crippen molar-refractivity contribution in [1.29, 1.82) is 0 Å². The molecule has 3 saturated heterocycles. The molecule has 5 nitrogen and oxygen atoms in total. The van der Waals surface area contributed by atoms with Crippen molar-refractivity contribution in [3.05, 3.63) is 0 Å². The predicted octanol–water partition coefficient (Wildman–Crippen LogP) is 0.990. The first-order valence-corrected chi connectivity index (χ1v) is 9.85. The maximum Gasteiger partial charge on any atom is 0.193 e. The molecule has 2 unspecified atom stereocenters. The molecule has 3 aliphatic heterocycles. The predicted molar refractivity (Wildman–Crippen MR) is 93.7 cm³/mol. The molecule has 3 fully saturated rings. The first-order valence-electron chi connectivity index (χ1n) is 8.70. The molecule has 3 rings (SSSR count). The Kier molecular flexibility index (Phi) is 5.52. The van der Waals surface area contributed by atoms with Crippen molar-refractivity contribution in [2.75, 3.05) is 51.3 Å². The largest absolute Gasteiger partial charge is 0.387 e. The number of guanidine groups is 1. The number of aliphatic imine (C=N–C) groups is 1. The first kappa shape index (κ1) is 16.4. The third-order valence-corrected chi connectivity index (χ3v) is 6.47. The van der Waals surface area contributed by atoms with Crippen molar-refractivity contribution in [3.8, 4) is 0 Å². The normalized spacial score (nSPS) is 34.4. The topological polar surface area (TPSA) is 51.1 Å². The fourth-order valence-corrected chi connectivity index (χ4v) is 5.12. The molecule has 126 valence electrons. The van der Waals surface area contributed by atoms with Crippen LogP contribution in [0.15, 0.2) is 4.99 Å². The Morgan fingerprint density at radius 3 is 2.82 bits per heavy atom. The summed E-state index contributed by atoms with van der Waals surface area (Å²) < 4.78 is 0. The molecule has 0 saturated carbocycles. The Balaban J connectivity index is 1.49. The van der Waals surface area contributed by atoms with E-state index in [1.165, 1.54) is 38.8 Å². The lowest BCUT2D eigenvalue weighted by molar-refractivity contribution is 0.0718. The summed E-state index contributed by atoms with van der Waals surface area (Å²) in [4.78, 5) is 9.47. The van der Waals surface area contributed by atoms with Gasteiger partial charge in [0.25, 0.3) is 0 Å². The minimum Gasteiger partial charge on any atom is -0.387 e. The summed E-state index contributed by atoms with van der Waals surface area (Å²) in [6.45, 7) is 5.31. The Bertz CT molecular complexity index is 392. The van der Waals surface area contributed by atoms with E-state index in [2.05, 4.69) is 20.1 Å². The second-order valence-electron chi connectivity index (χ2n) is 6.91. The zero-order chi connectivity index (χ0) is 15.4. The molecule has 6 heteroatoms. The van der Waals surface area contributed by atoms with Crippen molar-refractivity contribution in [2.24, 2.45) is 4.99 Å². The van der Waals surface area contributed by atoms with Crippen LogP contribution in [0.2, 0.25) is 0 Å². The summed E-state index contributed by atoms with van der Waals surface area (Å²) in [6, 6.07) is 0.684. The number of hydrogen-bond acceptors (Lipinski definition) is 4. The highest BCUT2D eigenvalue weighted by Gasteiger charge is 2.34. The maximum absolute atomic E-state index is 10.5. The SMILES string of the molecule is CN=C(NCC1(O)CCSC1)N1CCC(N2CCCCC2)C1. The van der Waals surface area contributed by atoms with E-state index < -0.39 is 5.60 Å². The highest BCUT2D eigenvalue weighted by molar-refractivity contribution is 7.99. The molecule has 0 spiro atoms. The smallest absolute Gasteiger partial charge is 0.193 e. The number of thioether (sulfide) groups is 1. The Labute approximate surface area is 138 Å². The minimum absolute atomic E-state index is 0.549. The van der Waals surface area contributed by atoms with E-state index in [1.807, 2.05) is 18.8 Å². The van der Waals surface area contributed by atoms with E-state index in [0.29, 0.717) is 12.6 Å². The summed E-state index contributed by atoms with van der Waals surface area (Å²) >= 11 is 1.84. The summed E-state index contributed by atoms with van der Waals surface area (Å²) in [5, 5.41) is 13.9. The number of likely N-dealkylation sites (tertiary alicyclic amines) is 2. The molecule has 0 aromatic rings. The number of hydrogen-bond donors (Lipinski definition) is 2. The van der Waals surface area contributed by atoms with Crippen molar-refractivity contribution in [1.82, 2.24) is 15.1 Å². The summed E-state index contributed by atoms with van der Waals surface area (Å²) in [6.07, 6.45) is 6.23. The van der Waals surface area contributed by atoms with Crippen LogP contribution in [-0.4, -0.2) is 83.8 Å². The molecule has 3 heterocycles. The van der Waals surface area contributed by atoms with Gasteiger partial charge in [-0.1, -0.05) is 6.42 Å². The molecular formula is C16H30N4OS. The minimum atomic E-state index is -0.549. The lowest BCUT2D eigenvalue weighted by atomic mass is 10.0. The van der Waals surface area contributed by atoms with Crippen LogP contribution in [0.1, 0.15) is 32.1 Å². The molecule has 0 bridgehead atoms. The number of nitrogens with one attached hydrogen (secondary N) is 1. The second kappa shape index (κ2) is 7.41. The van der Waals surface area contributed by atoms with Gasteiger partial charge in [0.05, 0.1) is 5.60 Å².